The minimum absolute atomic E-state index is 0.0399. The van der Waals surface area contributed by atoms with Crippen molar-refractivity contribution in [2.45, 2.75) is 26.8 Å². The lowest BCUT2D eigenvalue weighted by molar-refractivity contribution is -0.131. The van der Waals surface area contributed by atoms with Crippen LogP contribution in [-0.4, -0.2) is 33.7 Å². The van der Waals surface area contributed by atoms with Crippen LogP contribution in [0.2, 0.25) is 0 Å². The number of fused-ring (bicyclic) bond motifs is 1. The van der Waals surface area contributed by atoms with Crippen LogP contribution in [0.25, 0.3) is 22.0 Å². The molecule has 0 aliphatic heterocycles. The Labute approximate surface area is 152 Å². The van der Waals surface area contributed by atoms with E-state index in [-0.39, 0.29) is 24.4 Å². The molecule has 1 aromatic heterocycles. The van der Waals surface area contributed by atoms with Crippen molar-refractivity contribution in [3.05, 3.63) is 65.0 Å². The fraction of sp³-hybridized carbons (Fsp3) is 0.286. The lowest BCUT2D eigenvalue weighted by atomic mass is 10.1. The molecule has 0 aliphatic carbocycles. The van der Waals surface area contributed by atoms with Crippen molar-refractivity contribution in [2.75, 3.05) is 13.1 Å². The van der Waals surface area contributed by atoms with E-state index < -0.39 is 0 Å². The molecule has 3 rings (SSSR count). The van der Waals surface area contributed by atoms with Gasteiger partial charge in [0.15, 0.2) is 0 Å². The molecule has 5 heteroatoms. The zero-order chi connectivity index (χ0) is 18.5. The largest absolute Gasteiger partial charge is 0.343 e. The number of aromatic nitrogens is 2. The van der Waals surface area contributed by atoms with Gasteiger partial charge in [-0.05, 0) is 19.9 Å². The number of hydrogen-bond donors (Lipinski definition) is 0. The summed E-state index contributed by atoms with van der Waals surface area (Å²) in [5, 5.41) is 6.04. The molecular weight excluding hydrogens is 326 g/mol. The fourth-order valence-electron chi connectivity index (χ4n) is 3.13. The van der Waals surface area contributed by atoms with Crippen LogP contribution in [0.4, 0.5) is 0 Å². The lowest BCUT2D eigenvalue weighted by Gasteiger charge is -2.18. The van der Waals surface area contributed by atoms with Crippen LogP contribution in [0.1, 0.15) is 20.3 Å². The van der Waals surface area contributed by atoms with Gasteiger partial charge in [0.25, 0.3) is 5.56 Å². The first kappa shape index (κ1) is 17.9. The van der Waals surface area contributed by atoms with E-state index in [4.69, 9.17) is 0 Å². The molecule has 0 bridgehead atoms. The number of amides is 1. The van der Waals surface area contributed by atoms with E-state index >= 15 is 0 Å². The number of rotatable bonds is 6. The molecule has 0 unspecified atom stereocenters. The molecule has 0 aliphatic rings. The molecule has 26 heavy (non-hydrogen) atoms. The van der Waals surface area contributed by atoms with Gasteiger partial charge in [-0.15, -0.1) is 0 Å². The predicted octanol–water partition coefficient (Wildman–Crippen LogP) is 3.32. The van der Waals surface area contributed by atoms with Crippen LogP contribution in [0.5, 0.6) is 0 Å². The van der Waals surface area contributed by atoms with Crippen LogP contribution in [0.15, 0.2) is 59.4 Å². The normalized spacial score (nSPS) is 10.8. The number of carbonyl (C=O) groups excluding carboxylic acids is 1. The highest BCUT2D eigenvalue weighted by Gasteiger charge is 2.14. The van der Waals surface area contributed by atoms with Crippen LogP contribution >= 0.6 is 0 Å². The number of benzene rings is 2. The molecule has 3 aromatic rings. The summed E-state index contributed by atoms with van der Waals surface area (Å²) in [5.41, 5.74) is 1.55. The average molecular weight is 349 g/mol. The van der Waals surface area contributed by atoms with Crippen LogP contribution in [0, 0.1) is 0 Å². The third-order valence-electron chi connectivity index (χ3n) is 4.57. The van der Waals surface area contributed by atoms with E-state index in [1.165, 1.54) is 4.68 Å². The first-order valence-electron chi connectivity index (χ1n) is 8.98. The van der Waals surface area contributed by atoms with Crippen molar-refractivity contribution in [3.8, 4) is 11.3 Å². The quantitative estimate of drug-likeness (QED) is 0.686. The van der Waals surface area contributed by atoms with E-state index in [2.05, 4.69) is 5.10 Å². The number of hydrogen-bond acceptors (Lipinski definition) is 3. The second-order valence-electron chi connectivity index (χ2n) is 6.10. The van der Waals surface area contributed by atoms with Gasteiger partial charge in [0, 0.05) is 30.5 Å². The molecule has 134 valence electrons. The standard InChI is InChI=1S/C21H23N3O2/c1-3-23(4-2)19(25)14-15-24-21(26)18-13-9-8-12-17(18)20(22-24)16-10-6-5-7-11-16/h5-13H,3-4,14-15H2,1-2H3. The van der Waals surface area contributed by atoms with Crippen LogP contribution < -0.4 is 5.56 Å². The van der Waals surface area contributed by atoms with Crippen molar-refractivity contribution < 1.29 is 4.79 Å². The van der Waals surface area contributed by atoms with E-state index in [0.717, 1.165) is 16.6 Å². The number of nitrogens with zero attached hydrogens (tertiary/aromatic N) is 3. The summed E-state index contributed by atoms with van der Waals surface area (Å²) in [4.78, 5) is 26.9. The third kappa shape index (κ3) is 3.52. The number of aryl methyl sites for hydroxylation is 1. The van der Waals surface area contributed by atoms with Gasteiger partial charge in [0.05, 0.1) is 17.6 Å². The SMILES string of the molecule is CCN(CC)C(=O)CCn1nc(-c2ccccc2)c2ccccc2c1=O. The van der Waals surface area contributed by atoms with Gasteiger partial charge in [-0.1, -0.05) is 48.5 Å². The summed E-state index contributed by atoms with van der Waals surface area (Å²) in [7, 11) is 0. The summed E-state index contributed by atoms with van der Waals surface area (Å²) in [5.74, 6) is 0.0399. The molecule has 1 amide bonds. The molecule has 0 radical (unpaired) electrons. The van der Waals surface area contributed by atoms with Crippen molar-refractivity contribution in [1.29, 1.82) is 0 Å². The molecule has 0 atom stereocenters. The van der Waals surface area contributed by atoms with Crippen LogP contribution in [-0.2, 0) is 11.3 Å². The highest BCUT2D eigenvalue weighted by molar-refractivity contribution is 5.93. The smallest absolute Gasteiger partial charge is 0.274 e. The van der Waals surface area contributed by atoms with Crippen molar-refractivity contribution in [3.63, 3.8) is 0 Å². The zero-order valence-corrected chi connectivity index (χ0v) is 15.2. The Bertz CT molecular complexity index is 960. The molecular formula is C21H23N3O2. The highest BCUT2D eigenvalue weighted by Crippen LogP contribution is 2.24. The predicted molar refractivity (Wildman–Crippen MR) is 104 cm³/mol. The summed E-state index contributed by atoms with van der Waals surface area (Å²) >= 11 is 0. The zero-order valence-electron chi connectivity index (χ0n) is 15.2. The monoisotopic (exact) mass is 349 g/mol. The molecule has 0 N–H and O–H groups in total. The fourth-order valence-corrected chi connectivity index (χ4v) is 3.13. The van der Waals surface area contributed by atoms with Gasteiger partial charge < -0.3 is 4.90 Å². The Morgan fingerprint density at radius 1 is 0.962 bits per heavy atom. The van der Waals surface area contributed by atoms with Gasteiger partial charge in [-0.25, -0.2) is 4.68 Å². The summed E-state index contributed by atoms with van der Waals surface area (Å²) in [6.07, 6.45) is 0.265. The minimum atomic E-state index is -0.160. The first-order valence-corrected chi connectivity index (χ1v) is 8.98. The summed E-state index contributed by atoms with van der Waals surface area (Å²) in [6, 6.07) is 17.3. The average Bonchev–Trinajstić information content (AvgIpc) is 2.69. The maximum absolute atomic E-state index is 12.8. The Morgan fingerprint density at radius 3 is 2.23 bits per heavy atom. The van der Waals surface area contributed by atoms with Crippen LogP contribution in [0.3, 0.4) is 0 Å². The Hall–Kier alpha value is -2.95. The topological polar surface area (TPSA) is 55.2 Å². The molecule has 0 saturated heterocycles. The number of carbonyl (C=O) groups is 1. The maximum atomic E-state index is 12.8. The van der Waals surface area contributed by atoms with Gasteiger partial charge in [-0.3, -0.25) is 9.59 Å². The van der Waals surface area contributed by atoms with Gasteiger partial charge in [0.1, 0.15) is 0 Å². The molecule has 1 heterocycles. The highest BCUT2D eigenvalue weighted by atomic mass is 16.2. The van der Waals surface area contributed by atoms with Crippen molar-refractivity contribution in [2.24, 2.45) is 0 Å². The minimum Gasteiger partial charge on any atom is -0.343 e. The van der Waals surface area contributed by atoms with Gasteiger partial charge in [-0.2, -0.15) is 5.10 Å². The summed E-state index contributed by atoms with van der Waals surface area (Å²) in [6.45, 7) is 5.53. The molecule has 0 spiro atoms. The maximum Gasteiger partial charge on any atom is 0.274 e. The second-order valence-corrected chi connectivity index (χ2v) is 6.10. The van der Waals surface area contributed by atoms with Gasteiger partial charge >= 0.3 is 0 Å². The van der Waals surface area contributed by atoms with Crippen molar-refractivity contribution >= 4 is 16.7 Å². The van der Waals surface area contributed by atoms with E-state index in [9.17, 15) is 9.59 Å². The summed E-state index contributed by atoms with van der Waals surface area (Å²) < 4.78 is 1.42. The van der Waals surface area contributed by atoms with Gasteiger partial charge in [0.2, 0.25) is 5.91 Å². The molecule has 2 aromatic carbocycles. The van der Waals surface area contributed by atoms with Crippen molar-refractivity contribution in [1.82, 2.24) is 14.7 Å². The van der Waals surface area contributed by atoms with E-state index in [1.807, 2.05) is 68.4 Å². The Balaban J connectivity index is 2.03. The Kier molecular flexibility index (Phi) is 5.46. The van der Waals surface area contributed by atoms with E-state index in [1.54, 1.807) is 4.90 Å². The Morgan fingerprint density at radius 2 is 1.58 bits per heavy atom. The first-order chi connectivity index (χ1) is 12.7. The molecule has 0 fully saturated rings. The third-order valence-corrected chi connectivity index (χ3v) is 4.57. The molecule has 0 saturated carbocycles. The second kappa shape index (κ2) is 7.95. The van der Waals surface area contributed by atoms with E-state index in [0.29, 0.717) is 18.5 Å². The molecule has 5 nitrogen and oxygen atoms in total. The lowest BCUT2D eigenvalue weighted by Crippen LogP contribution is -2.33.